The minimum absolute atomic E-state index is 0.0782. The zero-order chi connectivity index (χ0) is 14.0. The molecule has 0 bridgehead atoms. The maximum absolute atomic E-state index is 11.9. The van der Waals surface area contributed by atoms with Crippen LogP contribution in [-0.2, 0) is 6.42 Å². The van der Waals surface area contributed by atoms with Gasteiger partial charge in [0.1, 0.15) is 5.69 Å². The number of aromatic nitrogens is 3. The number of rotatable bonds is 3. The van der Waals surface area contributed by atoms with Crippen LogP contribution in [-0.4, -0.2) is 26.7 Å². The Morgan fingerprint density at radius 1 is 1.42 bits per heavy atom. The Balaban J connectivity index is 2.55. The third-order valence-electron chi connectivity index (χ3n) is 2.62. The van der Waals surface area contributed by atoms with Gasteiger partial charge in [0.25, 0.3) is 5.56 Å². The third kappa shape index (κ3) is 3.10. The van der Waals surface area contributed by atoms with Crippen LogP contribution in [0.25, 0.3) is 11.5 Å². The van der Waals surface area contributed by atoms with E-state index in [9.17, 15) is 4.79 Å². The molecular weight excluding hydrogens is 378 g/mol. The first-order valence-electron chi connectivity index (χ1n) is 5.55. The van der Waals surface area contributed by atoms with E-state index in [0.29, 0.717) is 29.2 Å². The molecule has 0 spiro atoms. The molecule has 2 aromatic heterocycles. The maximum Gasteiger partial charge on any atom is 0.254 e. The molecule has 0 amide bonds. The second-order valence-electron chi connectivity index (χ2n) is 3.94. The van der Waals surface area contributed by atoms with Crippen molar-refractivity contribution in [1.82, 2.24) is 15.0 Å². The van der Waals surface area contributed by atoms with Crippen molar-refractivity contribution < 1.29 is 5.11 Å². The predicted octanol–water partition coefficient (Wildman–Crippen LogP) is 2.20. The number of hydrogen-bond donors (Lipinski definition) is 2. The Kier molecular flexibility index (Phi) is 4.49. The first-order chi connectivity index (χ1) is 9.02. The average Bonchev–Trinajstić information content (AvgIpc) is 2.33. The fourth-order valence-electron chi connectivity index (χ4n) is 1.72. The third-order valence-corrected chi connectivity index (χ3v) is 3.65. The summed E-state index contributed by atoms with van der Waals surface area (Å²) in [4.78, 5) is 23.2. The second kappa shape index (κ2) is 5.94. The predicted molar refractivity (Wildman–Crippen MR) is 79.0 cm³/mol. The minimum atomic E-state index is -0.242. The maximum atomic E-state index is 11.9. The highest BCUT2D eigenvalue weighted by Gasteiger charge is 2.12. The molecule has 2 aromatic rings. The normalized spacial score (nSPS) is 10.7. The molecule has 0 aliphatic heterocycles. The van der Waals surface area contributed by atoms with E-state index in [-0.39, 0.29) is 12.2 Å². The van der Waals surface area contributed by atoms with E-state index in [1.165, 1.54) is 0 Å². The van der Waals surface area contributed by atoms with Crippen LogP contribution < -0.4 is 5.56 Å². The van der Waals surface area contributed by atoms with Gasteiger partial charge in [-0.25, -0.2) is 4.98 Å². The highest BCUT2D eigenvalue weighted by Crippen LogP contribution is 2.25. The van der Waals surface area contributed by atoms with E-state index in [1.807, 2.05) is 6.07 Å². The zero-order valence-corrected chi connectivity index (χ0v) is 13.2. The molecule has 0 unspecified atom stereocenters. The topological polar surface area (TPSA) is 78.9 Å². The highest BCUT2D eigenvalue weighted by atomic mass is 79.9. The molecule has 5 nitrogen and oxygen atoms in total. The van der Waals surface area contributed by atoms with Gasteiger partial charge in [0.15, 0.2) is 5.82 Å². The summed E-state index contributed by atoms with van der Waals surface area (Å²) < 4.78 is 1.57. The number of aromatic amines is 1. The number of H-pyrrole nitrogens is 1. The monoisotopic (exact) mass is 387 g/mol. The van der Waals surface area contributed by atoms with Crippen LogP contribution in [0.15, 0.2) is 26.0 Å². The molecule has 2 heterocycles. The Labute approximate surface area is 126 Å². The average molecular weight is 389 g/mol. The van der Waals surface area contributed by atoms with Crippen LogP contribution in [0.3, 0.4) is 0 Å². The van der Waals surface area contributed by atoms with Gasteiger partial charge in [0.2, 0.25) is 0 Å². The first kappa shape index (κ1) is 14.4. The molecule has 0 aromatic carbocycles. The molecule has 100 valence electrons. The summed E-state index contributed by atoms with van der Waals surface area (Å²) >= 11 is 6.70. The van der Waals surface area contributed by atoms with Crippen LogP contribution in [0.1, 0.15) is 11.3 Å². The number of nitrogens with zero attached hydrogens (tertiary/aromatic N) is 2. The summed E-state index contributed by atoms with van der Waals surface area (Å²) in [5.41, 5.74) is 1.43. The second-order valence-corrected chi connectivity index (χ2v) is 5.71. The Morgan fingerprint density at radius 3 is 2.74 bits per heavy atom. The molecule has 0 radical (unpaired) electrons. The summed E-state index contributed by atoms with van der Waals surface area (Å²) in [6, 6.07) is 1.83. The zero-order valence-electron chi connectivity index (χ0n) is 10.1. The molecular formula is C12H11Br2N3O2. The van der Waals surface area contributed by atoms with E-state index in [2.05, 4.69) is 46.8 Å². The lowest BCUT2D eigenvalue weighted by Crippen LogP contribution is -2.18. The quantitative estimate of drug-likeness (QED) is 0.844. The first-order valence-corrected chi connectivity index (χ1v) is 7.13. The van der Waals surface area contributed by atoms with Crippen molar-refractivity contribution in [3.8, 4) is 11.5 Å². The number of halogens is 2. The molecule has 0 aliphatic rings. The van der Waals surface area contributed by atoms with E-state index in [1.54, 1.807) is 13.1 Å². The van der Waals surface area contributed by atoms with Gasteiger partial charge < -0.3 is 10.1 Å². The fraction of sp³-hybridized carbons (Fsp3) is 0.250. The summed E-state index contributed by atoms with van der Waals surface area (Å²) in [6.45, 7) is 1.67. The summed E-state index contributed by atoms with van der Waals surface area (Å²) in [6.07, 6.45) is 1.93. The van der Waals surface area contributed by atoms with Crippen molar-refractivity contribution in [3.05, 3.63) is 42.8 Å². The van der Waals surface area contributed by atoms with Crippen LogP contribution in [0, 0.1) is 6.92 Å². The summed E-state index contributed by atoms with van der Waals surface area (Å²) in [5.74, 6) is 0.406. The van der Waals surface area contributed by atoms with Crippen LogP contribution in [0.5, 0.6) is 0 Å². The van der Waals surface area contributed by atoms with Gasteiger partial charge in [-0.3, -0.25) is 9.78 Å². The number of aliphatic hydroxyl groups is 1. The smallest absolute Gasteiger partial charge is 0.254 e. The molecule has 19 heavy (non-hydrogen) atoms. The Hall–Kier alpha value is -1.05. The standard InChI is InChI=1S/C12H11Br2N3O2/c1-6-8(2-3-18)12(19)17-11(16-6)10-9(14)4-7(13)5-15-10/h4-5,18H,2-3H2,1H3,(H,16,17,19). The van der Waals surface area contributed by atoms with Gasteiger partial charge in [0, 0.05) is 39.4 Å². The van der Waals surface area contributed by atoms with Crippen LogP contribution >= 0.6 is 31.9 Å². The highest BCUT2D eigenvalue weighted by molar-refractivity contribution is 9.11. The van der Waals surface area contributed by atoms with Crippen molar-refractivity contribution in [3.63, 3.8) is 0 Å². The largest absolute Gasteiger partial charge is 0.396 e. The summed E-state index contributed by atoms with van der Waals surface area (Å²) in [7, 11) is 0. The van der Waals surface area contributed by atoms with Crippen LogP contribution in [0.2, 0.25) is 0 Å². The van der Waals surface area contributed by atoms with Gasteiger partial charge in [-0.1, -0.05) is 0 Å². The molecule has 0 saturated heterocycles. The van der Waals surface area contributed by atoms with Gasteiger partial charge in [0.05, 0.1) is 0 Å². The lowest BCUT2D eigenvalue weighted by atomic mass is 10.2. The molecule has 0 fully saturated rings. The van der Waals surface area contributed by atoms with E-state index >= 15 is 0 Å². The van der Waals surface area contributed by atoms with Gasteiger partial charge >= 0.3 is 0 Å². The number of pyridine rings is 1. The lowest BCUT2D eigenvalue weighted by molar-refractivity contribution is 0.298. The van der Waals surface area contributed by atoms with Gasteiger partial charge in [-0.05, 0) is 44.8 Å². The number of aliphatic hydroxyl groups excluding tert-OH is 1. The van der Waals surface area contributed by atoms with E-state index in [4.69, 9.17) is 5.11 Å². The summed E-state index contributed by atoms with van der Waals surface area (Å²) in [5, 5.41) is 8.92. The SMILES string of the molecule is Cc1nc(-c2ncc(Br)cc2Br)[nH]c(=O)c1CCO. The molecule has 7 heteroatoms. The van der Waals surface area contributed by atoms with Crippen molar-refractivity contribution in [2.75, 3.05) is 6.61 Å². The fourth-order valence-corrected chi connectivity index (χ4v) is 2.89. The molecule has 0 atom stereocenters. The Bertz CT molecular complexity index is 671. The molecule has 0 saturated carbocycles. The molecule has 2 N–H and O–H groups in total. The van der Waals surface area contributed by atoms with Crippen molar-refractivity contribution in [2.45, 2.75) is 13.3 Å². The number of nitrogens with one attached hydrogen (secondary N) is 1. The molecule has 2 rings (SSSR count). The molecule has 0 aliphatic carbocycles. The lowest BCUT2D eigenvalue weighted by Gasteiger charge is -2.07. The van der Waals surface area contributed by atoms with E-state index < -0.39 is 0 Å². The van der Waals surface area contributed by atoms with Crippen molar-refractivity contribution >= 4 is 31.9 Å². The van der Waals surface area contributed by atoms with E-state index in [0.717, 1.165) is 8.95 Å². The number of aryl methyl sites for hydroxylation is 1. The van der Waals surface area contributed by atoms with Crippen molar-refractivity contribution in [2.24, 2.45) is 0 Å². The van der Waals surface area contributed by atoms with Crippen LogP contribution in [0.4, 0.5) is 0 Å². The Morgan fingerprint density at radius 2 is 2.16 bits per heavy atom. The number of hydrogen-bond acceptors (Lipinski definition) is 4. The van der Waals surface area contributed by atoms with Crippen molar-refractivity contribution in [1.29, 1.82) is 0 Å². The van der Waals surface area contributed by atoms with Gasteiger partial charge in [-0.15, -0.1) is 0 Å². The minimum Gasteiger partial charge on any atom is -0.396 e. The van der Waals surface area contributed by atoms with Gasteiger partial charge in [-0.2, -0.15) is 0 Å².